The monoisotopic (exact) mass is 521 g/mol. The minimum atomic E-state index is -0.727. The molecule has 38 heavy (non-hydrogen) atoms. The molecular formula is C30H43N5O3. The molecule has 7 rings (SSSR count). The van der Waals surface area contributed by atoms with E-state index < -0.39 is 5.54 Å². The third-order valence-corrected chi connectivity index (χ3v) is 10.2. The highest BCUT2D eigenvalue weighted by Crippen LogP contribution is 2.55. The van der Waals surface area contributed by atoms with Crippen LogP contribution in [0.5, 0.6) is 0 Å². The Morgan fingerprint density at radius 2 is 1.61 bits per heavy atom. The first-order chi connectivity index (χ1) is 18.3. The van der Waals surface area contributed by atoms with Gasteiger partial charge in [-0.15, -0.1) is 0 Å². The maximum Gasteiger partial charge on any atom is 0.317 e. The van der Waals surface area contributed by atoms with E-state index in [1.165, 1.54) is 19.3 Å². The van der Waals surface area contributed by atoms with Gasteiger partial charge in [-0.1, -0.05) is 25.1 Å². The fraction of sp³-hybridized carbons (Fsp3) is 0.700. The number of nitrogens with one attached hydrogen (secondary N) is 2. The third kappa shape index (κ3) is 4.54. The molecule has 0 radical (unpaired) electrons. The molecule has 1 aromatic rings. The van der Waals surface area contributed by atoms with Crippen LogP contribution in [0.1, 0.15) is 71.6 Å². The average Bonchev–Trinajstić information content (AvgIpc) is 3.14. The zero-order valence-electron chi connectivity index (χ0n) is 23.0. The van der Waals surface area contributed by atoms with Gasteiger partial charge < -0.3 is 25.3 Å². The van der Waals surface area contributed by atoms with E-state index in [4.69, 9.17) is 0 Å². The van der Waals surface area contributed by atoms with E-state index in [0.29, 0.717) is 32.6 Å². The van der Waals surface area contributed by atoms with Crippen LogP contribution in [0, 0.1) is 17.8 Å². The van der Waals surface area contributed by atoms with E-state index in [1.807, 2.05) is 49.1 Å². The van der Waals surface area contributed by atoms with Crippen molar-refractivity contribution in [3.63, 3.8) is 0 Å². The van der Waals surface area contributed by atoms with Crippen LogP contribution in [0.2, 0.25) is 0 Å². The van der Waals surface area contributed by atoms with Crippen LogP contribution in [-0.4, -0.2) is 71.1 Å². The number of benzene rings is 1. The molecule has 1 unspecified atom stereocenters. The number of nitrogens with zero attached hydrogens (tertiary/aromatic N) is 3. The van der Waals surface area contributed by atoms with Crippen LogP contribution < -0.4 is 15.5 Å². The maximum atomic E-state index is 13.9. The Labute approximate surface area is 226 Å². The van der Waals surface area contributed by atoms with Gasteiger partial charge in [-0.05, 0) is 94.6 Å². The summed E-state index contributed by atoms with van der Waals surface area (Å²) < 4.78 is 0. The van der Waals surface area contributed by atoms with Crippen LogP contribution in [0.15, 0.2) is 30.3 Å². The molecule has 4 saturated carbocycles. The Hall–Kier alpha value is -2.77. The lowest BCUT2D eigenvalue weighted by molar-refractivity contribution is -0.137. The summed E-state index contributed by atoms with van der Waals surface area (Å²) >= 11 is 0. The predicted molar refractivity (Wildman–Crippen MR) is 146 cm³/mol. The number of para-hydroxylation sites is 1. The number of rotatable bonds is 6. The Morgan fingerprint density at radius 1 is 1.00 bits per heavy atom. The normalized spacial score (nSPS) is 32.1. The first-order valence-corrected chi connectivity index (χ1v) is 14.8. The van der Waals surface area contributed by atoms with Crippen molar-refractivity contribution in [1.29, 1.82) is 0 Å². The summed E-state index contributed by atoms with van der Waals surface area (Å²) in [4.78, 5) is 45.9. The Kier molecular flexibility index (Phi) is 6.55. The second-order valence-corrected chi connectivity index (χ2v) is 12.9. The van der Waals surface area contributed by atoms with E-state index in [-0.39, 0.29) is 36.0 Å². The van der Waals surface area contributed by atoms with Crippen molar-refractivity contribution in [2.75, 3.05) is 31.2 Å². The van der Waals surface area contributed by atoms with Gasteiger partial charge in [0.2, 0.25) is 5.91 Å². The van der Waals surface area contributed by atoms with Crippen LogP contribution >= 0.6 is 0 Å². The summed E-state index contributed by atoms with van der Waals surface area (Å²) in [6.07, 6.45) is 9.45. The molecule has 6 fully saturated rings. The number of urea groups is 1. The molecule has 8 heteroatoms. The standard InChI is InChI=1S/C30H43N5O3/c1-3-21(2)31-26(36)19-34-20-35(25-7-5-4-6-8-25)30(27(34)37)9-11-33(12-10-30)28(38)32-29-16-22-13-23(17-29)15-24(14-22)18-29/h4-8,21-24H,3,9-20H2,1-2H3,(H,31,36)(H,32,38). The largest absolute Gasteiger partial charge is 0.352 e. The van der Waals surface area contributed by atoms with E-state index in [9.17, 15) is 14.4 Å². The number of hydrogen-bond donors (Lipinski definition) is 2. The highest BCUT2D eigenvalue weighted by molar-refractivity contribution is 5.96. The highest BCUT2D eigenvalue weighted by atomic mass is 16.2. The lowest BCUT2D eigenvalue weighted by atomic mass is 9.53. The van der Waals surface area contributed by atoms with E-state index in [1.54, 1.807) is 4.90 Å². The molecule has 4 aliphatic carbocycles. The molecule has 2 heterocycles. The van der Waals surface area contributed by atoms with Gasteiger partial charge in [0.25, 0.3) is 5.91 Å². The molecule has 8 nitrogen and oxygen atoms in total. The quantitative estimate of drug-likeness (QED) is 0.598. The number of carbonyl (C=O) groups excluding carboxylic acids is 3. The first kappa shape index (κ1) is 25.5. The molecule has 2 N–H and O–H groups in total. The van der Waals surface area contributed by atoms with Crippen molar-refractivity contribution in [2.24, 2.45) is 17.8 Å². The summed E-state index contributed by atoms with van der Waals surface area (Å²) in [5, 5.41) is 6.51. The number of likely N-dealkylation sites (tertiary alicyclic amines) is 1. The van der Waals surface area contributed by atoms with Gasteiger partial charge >= 0.3 is 6.03 Å². The molecule has 1 atom stereocenters. The van der Waals surface area contributed by atoms with Gasteiger partial charge in [0, 0.05) is 30.4 Å². The topological polar surface area (TPSA) is 85.0 Å². The number of carbonyl (C=O) groups is 3. The number of hydrogen-bond acceptors (Lipinski definition) is 4. The molecule has 6 aliphatic rings. The molecule has 2 saturated heterocycles. The molecule has 1 aromatic carbocycles. The SMILES string of the molecule is CCC(C)NC(=O)CN1CN(c2ccccc2)C2(CCN(C(=O)NC34CC5CC(CC(C5)C3)C4)CC2)C1=O. The Balaban J connectivity index is 1.15. The van der Waals surface area contributed by atoms with Gasteiger partial charge in [0.15, 0.2) is 0 Å². The van der Waals surface area contributed by atoms with Crippen molar-refractivity contribution in [3.8, 4) is 0 Å². The summed E-state index contributed by atoms with van der Waals surface area (Å²) in [6, 6.07) is 10.1. The number of amides is 4. The van der Waals surface area contributed by atoms with Gasteiger partial charge in [0.05, 0.1) is 6.67 Å². The second kappa shape index (κ2) is 9.76. The maximum absolute atomic E-state index is 13.9. The van der Waals surface area contributed by atoms with Gasteiger partial charge in [-0.2, -0.15) is 0 Å². The fourth-order valence-electron chi connectivity index (χ4n) is 8.57. The smallest absolute Gasteiger partial charge is 0.317 e. The van der Waals surface area contributed by atoms with Gasteiger partial charge in [0.1, 0.15) is 12.1 Å². The first-order valence-electron chi connectivity index (χ1n) is 14.8. The van der Waals surface area contributed by atoms with Gasteiger partial charge in [-0.3, -0.25) is 9.59 Å². The third-order valence-electron chi connectivity index (χ3n) is 10.2. The zero-order chi connectivity index (χ0) is 26.5. The Bertz CT molecular complexity index is 1030. The lowest BCUT2D eigenvalue weighted by Crippen LogP contribution is -2.64. The van der Waals surface area contributed by atoms with Crippen molar-refractivity contribution >= 4 is 23.5 Å². The molecule has 206 valence electrons. The minimum absolute atomic E-state index is 0.00166. The highest BCUT2D eigenvalue weighted by Gasteiger charge is 2.55. The van der Waals surface area contributed by atoms with Crippen molar-refractivity contribution in [2.45, 2.75) is 88.8 Å². The van der Waals surface area contributed by atoms with Crippen molar-refractivity contribution < 1.29 is 14.4 Å². The second-order valence-electron chi connectivity index (χ2n) is 12.9. The van der Waals surface area contributed by atoms with Crippen LogP contribution in [0.4, 0.5) is 10.5 Å². The molecule has 4 amide bonds. The number of piperidine rings is 1. The molecular weight excluding hydrogens is 478 g/mol. The Morgan fingerprint density at radius 3 is 2.18 bits per heavy atom. The molecule has 0 aromatic heterocycles. The summed E-state index contributed by atoms with van der Waals surface area (Å²) in [5.41, 5.74) is 0.243. The van der Waals surface area contributed by atoms with Crippen LogP contribution in [-0.2, 0) is 9.59 Å². The minimum Gasteiger partial charge on any atom is -0.352 e. The summed E-state index contributed by atoms with van der Waals surface area (Å²) in [7, 11) is 0. The van der Waals surface area contributed by atoms with Crippen LogP contribution in [0.25, 0.3) is 0 Å². The predicted octanol–water partition coefficient (Wildman–Crippen LogP) is 3.72. The van der Waals surface area contributed by atoms with E-state index in [2.05, 4.69) is 15.5 Å². The van der Waals surface area contributed by atoms with E-state index in [0.717, 1.165) is 49.1 Å². The number of anilines is 1. The molecule has 2 aliphatic heterocycles. The average molecular weight is 522 g/mol. The van der Waals surface area contributed by atoms with Crippen molar-refractivity contribution in [1.82, 2.24) is 20.4 Å². The summed E-state index contributed by atoms with van der Waals surface area (Å²) in [6.45, 7) is 5.54. The summed E-state index contributed by atoms with van der Waals surface area (Å²) in [5.74, 6) is 2.23. The molecule has 4 bridgehead atoms. The van der Waals surface area contributed by atoms with E-state index >= 15 is 0 Å². The molecule has 1 spiro atoms. The fourth-order valence-corrected chi connectivity index (χ4v) is 8.57. The van der Waals surface area contributed by atoms with Gasteiger partial charge in [-0.25, -0.2) is 4.79 Å². The zero-order valence-corrected chi connectivity index (χ0v) is 23.0. The lowest BCUT2D eigenvalue weighted by Gasteiger charge is -2.57. The van der Waals surface area contributed by atoms with Crippen LogP contribution in [0.3, 0.4) is 0 Å². The van der Waals surface area contributed by atoms with Crippen molar-refractivity contribution in [3.05, 3.63) is 30.3 Å².